The molecule has 1 atom stereocenters. The molecule has 0 bridgehead atoms. The highest BCUT2D eigenvalue weighted by Crippen LogP contribution is 2.23. The van der Waals surface area contributed by atoms with Crippen molar-refractivity contribution in [1.82, 2.24) is 0 Å². The molecule has 0 fully saturated rings. The molecule has 0 saturated heterocycles. The number of rotatable bonds is 9. The zero-order valence-corrected chi connectivity index (χ0v) is 11.5. The van der Waals surface area contributed by atoms with Crippen molar-refractivity contribution in [1.29, 1.82) is 0 Å². The minimum atomic E-state index is 0.134. The van der Waals surface area contributed by atoms with Gasteiger partial charge in [-0.3, -0.25) is 0 Å². The van der Waals surface area contributed by atoms with Gasteiger partial charge in [0.15, 0.2) is 0 Å². The van der Waals surface area contributed by atoms with Crippen LogP contribution in [0.2, 0.25) is 5.02 Å². The lowest BCUT2D eigenvalue weighted by Crippen LogP contribution is -2.07. The van der Waals surface area contributed by atoms with Gasteiger partial charge in [0.2, 0.25) is 0 Å². The molecule has 0 radical (unpaired) electrons. The van der Waals surface area contributed by atoms with E-state index in [9.17, 15) is 5.11 Å². The highest BCUT2D eigenvalue weighted by molar-refractivity contribution is 6.30. The summed E-state index contributed by atoms with van der Waals surface area (Å²) in [7, 11) is 1.66. The van der Waals surface area contributed by atoms with E-state index in [-0.39, 0.29) is 12.5 Å². The van der Waals surface area contributed by atoms with E-state index in [1.54, 1.807) is 7.11 Å². The molecule has 1 aromatic carbocycles. The molecule has 0 saturated carbocycles. The highest BCUT2D eigenvalue weighted by Gasteiger charge is 2.10. The molecule has 0 aliphatic heterocycles. The van der Waals surface area contributed by atoms with Gasteiger partial charge in [-0.15, -0.1) is 0 Å². The molecule has 0 aromatic heterocycles. The SMILES string of the molecule is COCCOCCCC(CO)c1cccc(Cl)c1. The van der Waals surface area contributed by atoms with E-state index in [1.807, 2.05) is 24.3 Å². The first-order chi connectivity index (χ1) is 8.77. The minimum Gasteiger partial charge on any atom is -0.396 e. The zero-order chi connectivity index (χ0) is 13.2. The molecule has 102 valence electrons. The number of hydrogen-bond donors (Lipinski definition) is 1. The standard InChI is InChI=1S/C14H21ClO3/c1-17-8-9-18-7-3-5-13(11-16)12-4-2-6-14(15)10-12/h2,4,6,10,13,16H,3,5,7-9,11H2,1H3. The number of aliphatic hydroxyl groups excluding tert-OH is 1. The molecule has 1 rings (SSSR count). The summed E-state index contributed by atoms with van der Waals surface area (Å²) in [6, 6.07) is 7.66. The van der Waals surface area contributed by atoms with E-state index in [1.165, 1.54) is 0 Å². The van der Waals surface area contributed by atoms with Crippen molar-refractivity contribution in [2.45, 2.75) is 18.8 Å². The Balaban J connectivity index is 2.29. The van der Waals surface area contributed by atoms with Gasteiger partial charge < -0.3 is 14.6 Å². The maximum atomic E-state index is 9.41. The topological polar surface area (TPSA) is 38.7 Å². The first kappa shape index (κ1) is 15.4. The van der Waals surface area contributed by atoms with Gasteiger partial charge in [-0.25, -0.2) is 0 Å². The van der Waals surface area contributed by atoms with Gasteiger partial charge in [0.25, 0.3) is 0 Å². The fourth-order valence-corrected chi connectivity index (χ4v) is 2.00. The summed E-state index contributed by atoms with van der Waals surface area (Å²) < 4.78 is 10.3. The number of hydrogen-bond acceptors (Lipinski definition) is 3. The van der Waals surface area contributed by atoms with Crippen LogP contribution >= 0.6 is 11.6 Å². The van der Waals surface area contributed by atoms with Crippen LogP contribution in [0, 0.1) is 0 Å². The average Bonchev–Trinajstić information content (AvgIpc) is 2.38. The van der Waals surface area contributed by atoms with Crippen LogP contribution in [0.1, 0.15) is 24.3 Å². The number of benzene rings is 1. The molecule has 0 aliphatic carbocycles. The summed E-state index contributed by atoms with van der Waals surface area (Å²) in [4.78, 5) is 0. The van der Waals surface area contributed by atoms with Gasteiger partial charge in [0.05, 0.1) is 13.2 Å². The second-order valence-electron chi connectivity index (χ2n) is 4.18. The van der Waals surface area contributed by atoms with Crippen molar-refractivity contribution in [2.24, 2.45) is 0 Å². The Morgan fingerprint density at radius 1 is 1.28 bits per heavy atom. The number of aliphatic hydroxyl groups is 1. The molecule has 0 spiro atoms. The number of halogens is 1. The van der Waals surface area contributed by atoms with E-state index in [4.69, 9.17) is 21.1 Å². The predicted molar refractivity (Wildman–Crippen MR) is 73.2 cm³/mol. The Labute approximate surface area is 114 Å². The van der Waals surface area contributed by atoms with E-state index in [0.717, 1.165) is 18.4 Å². The van der Waals surface area contributed by atoms with Crippen LogP contribution in [-0.4, -0.2) is 38.6 Å². The van der Waals surface area contributed by atoms with Crippen LogP contribution in [0.15, 0.2) is 24.3 Å². The van der Waals surface area contributed by atoms with Crippen molar-refractivity contribution < 1.29 is 14.6 Å². The van der Waals surface area contributed by atoms with Crippen molar-refractivity contribution in [2.75, 3.05) is 33.5 Å². The lowest BCUT2D eigenvalue weighted by Gasteiger charge is -2.14. The summed E-state index contributed by atoms with van der Waals surface area (Å²) >= 11 is 5.94. The summed E-state index contributed by atoms with van der Waals surface area (Å²) in [6.07, 6.45) is 1.81. The normalized spacial score (nSPS) is 12.6. The molecule has 0 aliphatic rings. The smallest absolute Gasteiger partial charge is 0.0700 e. The van der Waals surface area contributed by atoms with E-state index >= 15 is 0 Å². The Morgan fingerprint density at radius 2 is 2.11 bits per heavy atom. The monoisotopic (exact) mass is 272 g/mol. The first-order valence-electron chi connectivity index (χ1n) is 6.21. The molecule has 18 heavy (non-hydrogen) atoms. The van der Waals surface area contributed by atoms with Crippen molar-refractivity contribution in [3.05, 3.63) is 34.9 Å². The van der Waals surface area contributed by atoms with Crippen molar-refractivity contribution in [3.8, 4) is 0 Å². The summed E-state index contributed by atoms with van der Waals surface area (Å²) in [6.45, 7) is 2.08. The summed E-state index contributed by atoms with van der Waals surface area (Å²) in [5.74, 6) is 0.134. The molecule has 1 unspecified atom stereocenters. The summed E-state index contributed by atoms with van der Waals surface area (Å²) in [5.41, 5.74) is 1.09. The highest BCUT2D eigenvalue weighted by atomic mass is 35.5. The molecule has 0 heterocycles. The Morgan fingerprint density at radius 3 is 2.78 bits per heavy atom. The third-order valence-corrected chi connectivity index (χ3v) is 3.05. The van der Waals surface area contributed by atoms with Gasteiger partial charge >= 0.3 is 0 Å². The van der Waals surface area contributed by atoms with Crippen LogP contribution in [-0.2, 0) is 9.47 Å². The van der Waals surface area contributed by atoms with Crippen molar-refractivity contribution >= 4 is 11.6 Å². The van der Waals surface area contributed by atoms with Gasteiger partial charge in [-0.05, 0) is 30.5 Å². The van der Waals surface area contributed by atoms with Crippen LogP contribution in [0.5, 0.6) is 0 Å². The lowest BCUT2D eigenvalue weighted by atomic mass is 9.95. The van der Waals surface area contributed by atoms with Crippen molar-refractivity contribution in [3.63, 3.8) is 0 Å². The molecule has 0 amide bonds. The van der Waals surface area contributed by atoms with Gasteiger partial charge in [0.1, 0.15) is 0 Å². The van der Waals surface area contributed by atoms with Crippen LogP contribution in [0.4, 0.5) is 0 Å². The van der Waals surface area contributed by atoms with Crippen LogP contribution < -0.4 is 0 Å². The largest absolute Gasteiger partial charge is 0.396 e. The number of methoxy groups -OCH3 is 1. The molecule has 1 aromatic rings. The third kappa shape index (κ3) is 5.83. The quantitative estimate of drug-likeness (QED) is 0.703. The predicted octanol–water partition coefficient (Wildman–Crippen LogP) is 2.86. The fraction of sp³-hybridized carbons (Fsp3) is 0.571. The molecular weight excluding hydrogens is 252 g/mol. The van der Waals surface area contributed by atoms with E-state index < -0.39 is 0 Å². The van der Waals surface area contributed by atoms with Gasteiger partial charge in [0, 0.05) is 31.3 Å². The van der Waals surface area contributed by atoms with Gasteiger partial charge in [-0.1, -0.05) is 23.7 Å². The van der Waals surface area contributed by atoms with E-state index in [2.05, 4.69) is 0 Å². The van der Waals surface area contributed by atoms with Crippen LogP contribution in [0.25, 0.3) is 0 Å². The molecule has 1 N–H and O–H groups in total. The summed E-state index contributed by atoms with van der Waals surface area (Å²) in [5, 5.41) is 10.1. The maximum absolute atomic E-state index is 9.41. The third-order valence-electron chi connectivity index (χ3n) is 2.81. The Bertz CT molecular complexity index is 331. The second kappa shape index (κ2) is 9.34. The van der Waals surface area contributed by atoms with E-state index in [0.29, 0.717) is 24.8 Å². The van der Waals surface area contributed by atoms with Gasteiger partial charge in [-0.2, -0.15) is 0 Å². The molecule has 4 heteroatoms. The minimum absolute atomic E-state index is 0.134. The number of ether oxygens (including phenoxy) is 2. The average molecular weight is 273 g/mol. The molecular formula is C14H21ClO3. The maximum Gasteiger partial charge on any atom is 0.0700 e. The Hall–Kier alpha value is -0.610. The zero-order valence-electron chi connectivity index (χ0n) is 10.8. The van der Waals surface area contributed by atoms with Crippen LogP contribution in [0.3, 0.4) is 0 Å². The Kier molecular flexibility index (Phi) is 8.01. The second-order valence-corrected chi connectivity index (χ2v) is 4.62. The fourth-order valence-electron chi connectivity index (χ4n) is 1.80. The lowest BCUT2D eigenvalue weighted by molar-refractivity contribution is 0.0673. The molecule has 3 nitrogen and oxygen atoms in total. The first-order valence-corrected chi connectivity index (χ1v) is 6.58.